The first-order chi connectivity index (χ1) is 15.5. The molecule has 9 heteroatoms. The quantitative estimate of drug-likeness (QED) is 0.467. The molecule has 0 radical (unpaired) electrons. The molecule has 1 aliphatic rings. The molecule has 4 rings (SSSR count). The summed E-state index contributed by atoms with van der Waals surface area (Å²) in [6, 6.07) is 14.4. The number of hydrogen-bond donors (Lipinski definition) is 2. The lowest BCUT2D eigenvalue weighted by Crippen LogP contribution is -2.41. The summed E-state index contributed by atoms with van der Waals surface area (Å²) in [4.78, 5) is 42.4. The van der Waals surface area contributed by atoms with E-state index in [1.807, 2.05) is 24.3 Å². The van der Waals surface area contributed by atoms with E-state index in [2.05, 4.69) is 25.3 Å². The molecule has 1 aliphatic heterocycles. The Morgan fingerprint density at radius 3 is 2.47 bits per heavy atom. The number of piperidine rings is 1. The molecule has 1 fully saturated rings. The first-order valence-electron chi connectivity index (χ1n) is 10.4. The van der Waals surface area contributed by atoms with Crippen LogP contribution in [-0.4, -0.2) is 49.5 Å². The van der Waals surface area contributed by atoms with Crippen molar-refractivity contribution in [2.24, 2.45) is 5.92 Å². The van der Waals surface area contributed by atoms with Crippen molar-refractivity contribution < 1.29 is 23.5 Å². The van der Waals surface area contributed by atoms with Crippen LogP contribution in [0.3, 0.4) is 0 Å². The van der Waals surface area contributed by atoms with E-state index in [1.165, 1.54) is 19.2 Å². The van der Waals surface area contributed by atoms with Crippen LogP contribution in [-0.2, 0) is 14.3 Å². The molecule has 2 heterocycles. The fraction of sp³-hybridized carbons (Fsp3) is 0.304. The number of benzene rings is 2. The molecular weight excluding hydrogens is 412 g/mol. The molecule has 9 nitrogen and oxygen atoms in total. The van der Waals surface area contributed by atoms with Gasteiger partial charge in [0.2, 0.25) is 0 Å². The van der Waals surface area contributed by atoms with Crippen molar-refractivity contribution in [3.8, 4) is 0 Å². The third-order valence-electron chi connectivity index (χ3n) is 5.49. The smallest absolute Gasteiger partial charge is 0.337 e. The first-order valence-corrected chi connectivity index (χ1v) is 10.4. The molecule has 3 aromatic rings. The van der Waals surface area contributed by atoms with Crippen molar-refractivity contribution in [2.75, 3.05) is 37.0 Å². The van der Waals surface area contributed by atoms with Gasteiger partial charge in [-0.2, -0.15) is 4.98 Å². The normalized spacial score (nSPS) is 14.2. The fourth-order valence-electron chi connectivity index (χ4n) is 3.64. The van der Waals surface area contributed by atoms with Crippen molar-refractivity contribution >= 4 is 40.6 Å². The summed E-state index contributed by atoms with van der Waals surface area (Å²) < 4.78 is 10.5. The number of fused-ring (bicyclic) bond motifs is 1. The van der Waals surface area contributed by atoms with Crippen LogP contribution < -0.4 is 15.5 Å². The summed E-state index contributed by atoms with van der Waals surface area (Å²) in [7, 11) is 1.29. The Balaban J connectivity index is 1.22. The zero-order valence-electron chi connectivity index (χ0n) is 17.7. The minimum atomic E-state index is -0.750. The Morgan fingerprint density at radius 1 is 1.06 bits per heavy atom. The average Bonchev–Trinajstić information content (AvgIpc) is 3.27. The van der Waals surface area contributed by atoms with Gasteiger partial charge in [0.25, 0.3) is 6.01 Å². The number of carbonyl (C=O) groups is 3. The predicted octanol–water partition coefficient (Wildman–Crippen LogP) is 2.59. The summed E-state index contributed by atoms with van der Waals surface area (Å²) in [5.74, 6) is -1.64. The highest BCUT2D eigenvalue weighted by molar-refractivity contribution is 6.39. The number of methoxy groups -OCH3 is 1. The number of nitrogens with one attached hydrogen (secondary N) is 2. The molecule has 0 unspecified atom stereocenters. The maximum atomic E-state index is 12.2. The van der Waals surface area contributed by atoms with Gasteiger partial charge in [0, 0.05) is 25.3 Å². The summed E-state index contributed by atoms with van der Waals surface area (Å²) in [6.07, 6.45) is 1.71. The topological polar surface area (TPSA) is 114 Å². The van der Waals surface area contributed by atoms with Crippen LogP contribution in [0.4, 0.5) is 11.7 Å². The van der Waals surface area contributed by atoms with E-state index in [0.717, 1.165) is 37.0 Å². The van der Waals surface area contributed by atoms with E-state index in [0.29, 0.717) is 23.8 Å². The van der Waals surface area contributed by atoms with Gasteiger partial charge in [-0.15, -0.1) is 0 Å². The molecule has 2 aromatic carbocycles. The van der Waals surface area contributed by atoms with Crippen LogP contribution in [0.5, 0.6) is 0 Å². The number of hydrogen-bond acceptors (Lipinski definition) is 7. The number of oxazole rings is 1. The first kappa shape index (κ1) is 21.4. The Labute approximate surface area is 184 Å². The second-order valence-electron chi connectivity index (χ2n) is 7.63. The number of carbonyl (C=O) groups excluding carboxylic acids is 3. The van der Waals surface area contributed by atoms with Gasteiger partial charge in [-0.1, -0.05) is 12.1 Å². The molecule has 0 bridgehead atoms. The molecule has 0 atom stereocenters. The van der Waals surface area contributed by atoms with Crippen molar-refractivity contribution in [2.45, 2.75) is 12.8 Å². The highest BCUT2D eigenvalue weighted by Gasteiger charge is 2.24. The third kappa shape index (κ3) is 4.88. The Kier molecular flexibility index (Phi) is 6.34. The van der Waals surface area contributed by atoms with Crippen LogP contribution in [0.25, 0.3) is 11.1 Å². The molecular formula is C23H24N4O5. The van der Waals surface area contributed by atoms with Gasteiger partial charge in [-0.05, 0) is 55.2 Å². The predicted molar refractivity (Wildman–Crippen MR) is 118 cm³/mol. The molecule has 1 aromatic heterocycles. The minimum absolute atomic E-state index is 0.270. The highest BCUT2D eigenvalue weighted by Crippen LogP contribution is 2.26. The number of rotatable bonds is 5. The summed E-state index contributed by atoms with van der Waals surface area (Å²) in [5, 5.41) is 5.23. The second kappa shape index (κ2) is 9.51. The van der Waals surface area contributed by atoms with Crippen molar-refractivity contribution in [1.29, 1.82) is 0 Å². The zero-order valence-corrected chi connectivity index (χ0v) is 17.7. The number of ether oxygens (including phenoxy) is 1. The van der Waals surface area contributed by atoms with Crippen molar-refractivity contribution in [3.05, 3.63) is 54.1 Å². The number of nitrogens with zero attached hydrogens (tertiary/aromatic N) is 2. The second-order valence-corrected chi connectivity index (χ2v) is 7.63. The van der Waals surface area contributed by atoms with Gasteiger partial charge >= 0.3 is 17.8 Å². The summed E-state index contributed by atoms with van der Waals surface area (Å²) >= 11 is 0. The van der Waals surface area contributed by atoms with Crippen LogP contribution in [0, 0.1) is 5.92 Å². The maximum absolute atomic E-state index is 12.2. The maximum Gasteiger partial charge on any atom is 0.337 e. The number of para-hydroxylation sites is 2. The van der Waals surface area contributed by atoms with Gasteiger partial charge in [0.15, 0.2) is 5.58 Å². The minimum Gasteiger partial charge on any atom is -0.465 e. The Bertz CT molecular complexity index is 1080. The Morgan fingerprint density at radius 2 is 1.78 bits per heavy atom. The molecule has 2 N–H and O–H groups in total. The molecule has 0 saturated carbocycles. The Hall–Kier alpha value is -3.88. The van der Waals surface area contributed by atoms with Gasteiger partial charge in [-0.25, -0.2) is 4.79 Å². The fourth-order valence-corrected chi connectivity index (χ4v) is 3.64. The largest absolute Gasteiger partial charge is 0.465 e. The van der Waals surface area contributed by atoms with E-state index in [4.69, 9.17) is 4.42 Å². The van der Waals surface area contributed by atoms with Crippen molar-refractivity contribution in [1.82, 2.24) is 10.3 Å². The van der Waals surface area contributed by atoms with Gasteiger partial charge < -0.3 is 24.7 Å². The number of amides is 2. The monoisotopic (exact) mass is 436 g/mol. The summed E-state index contributed by atoms with van der Waals surface area (Å²) in [6.45, 7) is 1.97. The highest BCUT2D eigenvalue weighted by atomic mass is 16.5. The van der Waals surface area contributed by atoms with Crippen LogP contribution in [0.1, 0.15) is 23.2 Å². The van der Waals surface area contributed by atoms with Gasteiger partial charge in [0.05, 0.1) is 12.7 Å². The van der Waals surface area contributed by atoms with E-state index < -0.39 is 17.8 Å². The van der Waals surface area contributed by atoms with E-state index in [-0.39, 0.29) is 5.92 Å². The average molecular weight is 436 g/mol. The standard InChI is InChI=1S/C23H24N4O5/c1-31-22(30)16-6-8-17(9-7-16)25-21(29)20(28)24-14-15-10-12-27(13-11-15)23-26-18-4-2-3-5-19(18)32-23/h2-9,15H,10-14H2,1H3,(H,24,28)(H,25,29). The lowest BCUT2D eigenvalue weighted by molar-refractivity contribution is -0.136. The number of esters is 1. The zero-order chi connectivity index (χ0) is 22.5. The van der Waals surface area contributed by atoms with Crippen LogP contribution >= 0.6 is 0 Å². The number of aromatic nitrogens is 1. The molecule has 1 saturated heterocycles. The van der Waals surface area contributed by atoms with Gasteiger partial charge in [-0.3, -0.25) is 9.59 Å². The molecule has 0 spiro atoms. The summed E-state index contributed by atoms with van der Waals surface area (Å²) in [5.41, 5.74) is 2.38. The van der Waals surface area contributed by atoms with E-state index in [9.17, 15) is 14.4 Å². The molecule has 0 aliphatic carbocycles. The van der Waals surface area contributed by atoms with E-state index in [1.54, 1.807) is 12.1 Å². The molecule has 2 amide bonds. The lowest BCUT2D eigenvalue weighted by Gasteiger charge is -2.30. The lowest BCUT2D eigenvalue weighted by atomic mass is 9.97. The van der Waals surface area contributed by atoms with Crippen LogP contribution in [0.2, 0.25) is 0 Å². The molecule has 166 valence electrons. The van der Waals surface area contributed by atoms with E-state index >= 15 is 0 Å². The SMILES string of the molecule is COC(=O)c1ccc(NC(=O)C(=O)NCC2CCN(c3nc4ccccc4o3)CC2)cc1. The van der Waals surface area contributed by atoms with Crippen LogP contribution in [0.15, 0.2) is 52.9 Å². The third-order valence-corrected chi connectivity index (χ3v) is 5.49. The molecule has 32 heavy (non-hydrogen) atoms. The number of anilines is 2. The van der Waals surface area contributed by atoms with Gasteiger partial charge in [0.1, 0.15) is 5.52 Å². The van der Waals surface area contributed by atoms with Crippen molar-refractivity contribution in [3.63, 3.8) is 0 Å².